The van der Waals surface area contributed by atoms with Crippen LogP contribution >= 0.6 is 11.8 Å². The Morgan fingerprint density at radius 3 is 2.06 bits per heavy atom. The summed E-state index contributed by atoms with van der Waals surface area (Å²) < 4.78 is 3.79. The van der Waals surface area contributed by atoms with Crippen molar-refractivity contribution in [2.24, 2.45) is 0 Å². The molecule has 0 spiro atoms. The minimum atomic E-state index is -0.166. The predicted octanol–water partition coefficient (Wildman–Crippen LogP) is 5.04. The fraction of sp³-hybridized carbons (Fsp3) is 0.231. The van der Waals surface area contributed by atoms with Gasteiger partial charge in [-0.1, -0.05) is 56.8 Å². The van der Waals surface area contributed by atoms with Crippen LogP contribution in [-0.4, -0.2) is 37.1 Å². The van der Waals surface area contributed by atoms with Crippen LogP contribution in [0.1, 0.15) is 33.3 Å². The molecule has 0 unspecified atom stereocenters. The van der Waals surface area contributed by atoms with Gasteiger partial charge < -0.3 is 10.6 Å². The summed E-state index contributed by atoms with van der Waals surface area (Å²) in [5, 5.41) is 15.0. The van der Waals surface area contributed by atoms with Crippen LogP contribution in [0.3, 0.4) is 0 Å². The summed E-state index contributed by atoms with van der Waals surface area (Å²) in [7, 11) is 0. The van der Waals surface area contributed by atoms with E-state index in [9.17, 15) is 9.59 Å². The zero-order chi connectivity index (χ0) is 25.0. The van der Waals surface area contributed by atoms with E-state index in [4.69, 9.17) is 0 Å². The molecule has 0 saturated carbocycles. The van der Waals surface area contributed by atoms with Crippen LogP contribution in [0.15, 0.2) is 78.2 Å². The largest absolute Gasteiger partial charge is 0.326 e. The molecule has 2 aromatic heterocycles. The molecule has 0 atom stereocenters. The molecule has 0 bridgehead atoms. The molecule has 2 heterocycles. The summed E-state index contributed by atoms with van der Waals surface area (Å²) in [6, 6.07) is 19.2. The van der Waals surface area contributed by atoms with Gasteiger partial charge in [0.15, 0.2) is 5.82 Å². The second-order valence-corrected chi connectivity index (χ2v) is 10.0. The van der Waals surface area contributed by atoms with Crippen molar-refractivity contribution in [1.82, 2.24) is 19.5 Å². The van der Waals surface area contributed by atoms with Gasteiger partial charge in [0.25, 0.3) is 0 Å². The molecule has 0 fully saturated rings. The van der Waals surface area contributed by atoms with Gasteiger partial charge in [0, 0.05) is 36.3 Å². The van der Waals surface area contributed by atoms with E-state index in [1.807, 2.05) is 33.9 Å². The highest BCUT2D eigenvalue weighted by molar-refractivity contribution is 7.99. The minimum Gasteiger partial charge on any atom is -0.326 e. The van der Waals surface area contributed by atoms with Gasteiger partial charge in [-0.3, -0.25) is 14.3 Å². The Balaban J connectivity index is 1.50. The minimum absolute atomic E-state index is 0.0608. The first-order valence-corrected chi connectivity index (χ1v) is 12.2. The number of carbonyl (C=O) groups excluding carboxylic acids is 2. The molecule has 0 aliphatic rings. The van der Waals surface area contributed by atoms with E-state index in [0.717, 1.165) is 5.56 Å². The van der Waals surface area contributed by atoms with Crippen molar-refractivity contribution >= 4 is 35.0 Å². The normalized spacial score (nSPS) is 11.3. The van der Waals surface area contributed by atoms with Gasteiger partial charge in [0.2, 0.25) is 17.0 Å². The molecule has 8 nitrogen and oxygen atoms in total. The van der Waals surface area contributed by atoms with Gasteiger partial charge >= 0.3 is 0 Å². The Bertz CT molecular complexity index is 1300. The smallest absolute Gasteiger partial charge is 0.234 e. The highest BCUT2D eigenvalue weighted by Crippen LogP contribution is 2.28. The number of rotatable bonds is 7. The van der Waals surface area contributed by atoms with Crippen LogP contribution in [0.2, 0.25) is 0 Å². The predicted molar refractivity (Wildman–Crippen MR) is 139 cm³/mol. The van der Waals surface area contributed by atoms with E-state index < -0.39 is 0 Å². The molecule has 2 N–H and O–H groups in total. The molecule has 180 valence electrons. The quantitative estimate of drug-likeness (QED) is 0.355. The molecule has 4 aromatic rings. The number of anilines is 2. The zero-order valence-electron chi connectivity index (χ0n) is 20.1. The van der Waals surface area contributed by atoms with Crippen LogP contribution in [-0.2, 0) is 15.0 Å². The highest BCUT2D eigenvalue weighted by Gasteiger charge is 2.19. The maximum atomic E-state index is 12.6. The second-order valence-electron chi connectivity index (χ2n) is 9.10. The lowest BCUT2D eigenvalue weighted by molar-refractivity contribution is -0.114. The molecule has 4 rings (SSSR count). The number of nitrogens with zero attached hydrogens (tertiary/aromatic N) is 4. The van der Waals surface area contributed by atoms with Crippen molar-refractivity contribution in [3.63, 3.8) is 0 Å². The molecule has 2 aromatic carbocycles. The Kier molecular flexibility index (Phi) is 7.07. The Labute approximate surface area is 208 Å². The molecule has 0 radical (unpaired) electrons. The third-order valence-electron chi connectivity index (χ3n) is 5.26. The maximum absolute atomic E-state index is 12.6. The first-order valence-electron chi connectivity index (χ1n) is 11.2. The van der Waals surface area contributed by atoms with Gasteiger partial charge in [-0.05, 0) is 47.4 Å². The number of hydrogen-bond acceptors (Lipinski definition) is 5. The number of amides is 2. The van der Waals surface area contributed by atoms with Crippen LogP contribution in [0, 0.1) is 0 Å². The van der Waals surface area contributed by atoms with E-state index in [1.165, 1.54) is 24.2 Å². The van der Waals surface area contributed by atoms with Crippen LogP contribution < -0.4 is 10.6 Å². The van der Waals surface area contributed by atoms with Crippen molar-refractivity contribution < 1.29 is 9.59 Å². The number of thioether (sulfide) groups is 1. The maximum Gasteiger partial charge on any atom is 0.234 e. The van der Waals surface area contributed by atoms with Gasteiger partial charge in [-0.15, -0.1) is 10.2 Å². The summed E-state index contributed by atoms with van der Waals surface area (Å²) >= 11 is 1.31. The third-order valence-corrected chi connectivity index (χ3v) is 6.18. The summed E-state index contributed by atoms with van der Waals surface area (Å²) in [6.07, 6.45) is 3.83. The SMILES string of the molecule is CC(=O)Nc1ccc(NC(=O)CSc2nnc(-c3ccc(C(C)(C)C)cc3)n2-n2cccc2)cc1. The first-order chi connectivity index (χ1) is 16.7. The van der Waals surface area contributed by atoms with E-state index in [-0.39, 0.29) is 23.0 Å². The highest BCUT2D eigenvalue weighted by atomic mass is 32.2. The molecular weight excluding hydrogens is 460 g/mol. The average molecular weight is 489 g/mol. The van der Waals surface area contributed by atoms with Gasteiger partial charge in [0.05, 0.1) is 5.75 Å². The molecule has 2 amide bonds. The van der Waals surface area contributed by atoms with E-state index in [2.05, 4.69) is 65.9 Å². The number of carbonyl (C=O) groups is 2. The van der Waals surface area contributed by atoms with Gasteiger partial charge in [0.1, 0.15) is 0 Å². The van der Waals surface area contributed by atoms with Crippen molar-refractivity contribution in [1.29, 1.82) is 0 Å². The lowest BCUT2D eigenvalue weighted by Gasteiger charge is -2.19. The van der Waals surface area contributed by atoms with E-state index in [1.54, 1.807) is 24.3 Å². The van der Waals surface area contributed by atoms with Crippen molar-refractivity contribution in [3.05, 3.63) is 78.6 Å². The van der Waals surface area contributed by atoms with Crippen LogP contribution in [0.5, 0.6) is 0 Å². The Morgan fingerprint density at radius 2 is 1.49 bits per heavy atom. The Hall–Kier alpha value is -3.85. The number of aromatic nitrogens is 4. The fourth-order valence-corrected chi connectivity index (χ4v) is 4.22. The summed E-state index contributed by atoms with van der Waals surface area (Å²) in [6.45, 7) is 8.00. The number of nitrogens with one attached hydrogen (secondary N) is 2. The van der Waals surface area contributed by atoms with Crippen LogP contribution in [0.4, 0.5) is 11.4 Å². The van der Waals surface area contributed by atoms with Crippen molar-refractivity contribution in [2.45, 2.75) is 38.3 Å². The fourth-order valence-electron chi connectivity index (χ4n) is 3.49. The van der Waals surface area contributed by atoms with Gasteiger partial charge in [-0.2, -0.15) is 0 Å². The lowest BCUT2D eigenvalue weighted by Crippen LogP contribution is -2.16. The summed E-state index contributed by atoms with van der Waals surface area (Å²) in [5.41, 5.74) is 3.56. The molecule has 0 aliphatic heterocycles. The van der Waals surface area contributed by atoms with Crippen LogP contribution in [0.25, 0.3) is 11.4 Å². The van der Waals surface area contributed by atoms with E-state index in [0.29, 0.717) is 22.4 Å². The standard InChI is InChI=1S/C26H28N6O2S/c1-18(33)27-21-11-13-22(14-12-21)28-23(34)17-35-25-30-29-24(32(25)31-15-5-6-16-31)19-7-9-20(10-8-19)26(2,3)4/h5-16H,17H2,1-4H3,(H,27,33)(H,28,34). The molecule has 0 saturated heterocycles. The number of hydrogen-bond donors (Lipinski definition) is 2. The Morgan fingerprint density at radius 1 is 0.886 bits per heavy atom. The van der Waals surface area contributed by atoms with Crippen molar-refractivity contribution in [3.8, 4) is 11.4 Å². The molecule has 35 heavy (non-hydrogen) atoms. The number of benzene rings is 2. The zero-order valence-corrected chi connectivity index (χ0v) is 21.0. The summed E-state index contributed by atoms with van der Waals surface area (Å²) in [5.74, 6) is 0.545. The van der Waals surface area contributed by atoms with E-state index >= 15 is 0 Å². The third kappa shape index (κ3) is 5.99. The average Bonchev–Trinajstić information content (AvgIpc) is 3.48. The lowest BCUT2D eigenvalue weighted by atomic mass is 9.87. The molecule has 9 heteroatoms. The monoisotopic (exact) mass is 488 g/mol. The topological polar surface area (TPSA) is 93.8 Å². The first kappa shape index (κ1) is 24.3. The molecule has 0 aliphatic carbocycles. The summed E-state index contributed by atoms with van der Waals surface area (Å²) in [4.78, 5) is 23.7. The second kappa shape index (κ2) is 10.2. The van der Waals surface area contributed by atoms with Gasteiger partial charge in [-0.25, -0.2) is 4.68 Å². The van der Waals surface area contributed by atoms with Crippen molar-refractivity contribution in [2.75, 3.05) is 16.4 Å². The molecular formula is C26H28N6O2S.